The Bertz CT molecular complexity index is 236. The SMILES string of the molecule is COCC(NC(=O)C1CCCCCCN1)C(C)C. The van der Waals surface area contributed by atoms with Gasteiger partial charge in [0.15, 0.2) is 0 Å². The fourth-order valence-electron chi connectivity index (χ4n) is 2.29. The second-order valence-electron chi connectivity index (χ2n) is 5.52. The summed E-state index contributed by atoms with van der Waals surface area (Å²) in [5.74, 6) is 0.523. The molecule has 0 aliphatic carbocycles. The lowest BCUT2D eigenvalue weighted by atomic mass is 10.0. The summed E-state index contributed by atoms with van der Waals surface area (Å²) in [4.78, 5) is 12.2. The monoisotopic (exact) mass is 256 g/mol. The molecule has 2 unspecified atom stereocenters. The first-order valence-corrected chi connectivity index (χ1v) is 7.18. The molecular weight excluding hydrogens is 228 g/mol. The lowest BCUT2D eigenvalue weighted by molar-refractivity contribution is -0.124. The topological polar surface area (TPSA) is 50.4 Å². The molecule has 106 valence electrons. The van der Waals surface area contributed by atoms with Gasteiger partial charge in [-0.05, 0) is 25.3 Å². The first kappa shape index (κ1) is 15.4. The average Bonchev–Trinajstić information content (AvgIpc) is 2.27. The Morgan fingerprint density at radius 1 is 1.33 bits per heavy atom. The van der Waals surface area contributed by atoms with E-state index in [9.17, 15) is 4.79 Å². The van der Waals surface area contributed by atoms with Crippen LogP contribution in [0.25, 0.3) is 0 Å². The largest absolute Gasteiger partial charge is 0.383 e. The number of nitrogens with one attached hydrogen (secondary N) is 2. The summed E-state index contributed by atoms with van der Waals surface area (Å²) in [6.45, 7) is 5.75. The van der Waals surface area contributed by atoms with Crippen LogP contribution in [0.2, 0.25) is 0 Å². The fraction of sp³-hybridized carbons (Fsp3) is 0.929. The van der Waals surface area contributed by atoms with Crippen molar-refractivity contribution in [1.29, 1.82) is 0 Å². The van der Waals surface area contributed by atoms with Gasteiger partial charge in [-0.25, -0.2) is 0 Å². The highest BCUT2D eigenvalue weighted by molar-refractivity contribution is 5.82. The quantitative estimate of drug-likeness (QED) is 0.787. The predicted molar refractivity (Wildman–Crippen MR) is 73.5 cm³/mol. The molecule has 1 fully saturated rings. The summed E-state index contributed by atoms with van der Waals surface area (Å²) >= 11 is 0. The van der Waals surface area contributed by atoms with Crippen LogP contribution in [0, 0.1) is 5.92 Å². The molecule has 2 atom stereocenters. The summed E-state index contributed by atoms with van der Waals surface area (Å²) < 4.78 is 5.16. The van der Waals surface area contributed by atoms with Crippen molar-refractivity contribution in [3.05, 3.63) is 0 Å². The molecule has 4 nitrogen and oxygen atoms in total. The van der Waals surface area contributed by atoms with Gasteiger partial charge in [0.2, 0.25) is 5.91 Å². The molecule has 1 amide bonds. The minimum Gasteiger partial charge on any atom is -0.383 e. The summed E-state index contributed by atoms with van der Waals surface area (Å²) in [7, 11) is 1.68. The van der Waals surface area contributed by atoms with Crippen LogP contribution >= 0.6 is 0 Å². The van der Waals surface area contributed by atoms with Crippen LogP contribution in [0.1, 0.15) is 46.0 Å². The molecule has 0 spiro atoms. The number of carbonyl (C=O) groups excluding carboxylic acids is 1. The molecule has 1 rings (SSSR count). The summed E-state index contributed by atoms with van der Waals surface area (Å²) in [6, 6.07) is 0.0816. The molecule has 0 aromatic rings. The summed E-state index contributed by atoms with van der Waals surface area (Å²) in [6.07, 6.45) is 5.79. The van der Waals surface area contributed by atoms with Crippen molar-refractivity contribution in [2.45, 2.75) is 58.0 Å². The van der Waals surface area contributed by atoms with E-state index in [1.54, 1.807) is 7.11 Å². The van der Waals surface area contributed by atoms with Crippen molar-refractivity contribution in [2.75, 3.05) is 20.3 Å². The van der Waals surface area contributed by atoms with E-state index in [0.717, 1.165) is 19.4 Å². The van der Waals surface area contributed by atoms with E-state index < -0.39 is 0 Å². The van der Waals surface area contributed by atoms with Crippen molar-refractivity contribution in [2.24, 2.45) is 5.92 Å². The third-order valence-electron chi connectivity index (χ3n) is 3.61. The van der Waals surface area contributed by atoms with Crippen molar-refractivity contribution < 1.29 is 9.53 Å². The molecule has 4 heteroatoms. The number of hydrogen-bond acceptors (Lipinski definition) is 3. The zero-order valence-corrected chi connectivity index (χ0v) is 12.0. The minimum absolute atomic E-state index is 0.0246. The van der Waals surface area contributed by atoms with Crippen LogP contribution in [0.3, 0.4) is 0 Å². The van der Waals surface area contributed by atoms with Crippen LogP contribution in [0.5, 0.6) is 0 Å². The van der Waals surface area contributed by atoms with Gasteiger partial charge >= 0.3 is 0 Å². The zero-order valence-electron chi connectivity index (χ0n) is 12.0. The highest BCUT2D eigenvalue weighted by atomic mass is 16.5. The van der Waals surface area contributed by atoms with Crippen molar-refractivity contribution in [3.63, 3.8) is 0 Å². The standard InChI is InChI=1S/C14H28N2O2/c1-11(2)13(10-18-3)16-14(17)12-8-6-4-5-7-9-15-12/h11-13,15H,4-10H2,1-3H3,(H,16,17). The molecule has 0 aromatic carbocycles. The van der Waals surface area contributed by atoms with E-state index in [0.29, 0.717) is 12.5 Å². The normalized spacial score (nSPS) is 23.2. The highest BCUT2D eigenvalue weighted by Crippen LogP contribution is 2.10. The van der Waals surface area contributed by atoms with Gasteiger partial charge in [0.05, 0.1) is 18.7 Å². The van der Waals surface area contributed by atoms with Gasteiger partial charge in [-0.3, -0.25) is 4.79 Å². The summed E-state index contributed by atoms with van der Waals surface area (Å²) in [5, 5.41) is 6.46. The van der Waals surface area contributed by atoms with Crippen LogP contribution in [-0.2, 0) is 9.53 Å². The Labute approximate surface area is 111 Å². The van der Waals surface area contributed by atoms with E-state index in [4.69, 9.17) is 4.74 Å². The number of amides is 1. The lowest BCUT2D eigenvalue weighted by Gasteiger charge is -2.26. The van der Waals surface area contributed by atoms with E-state index in [1.165, 1.54) is 19.3 Å². The fourth-order valence-corrected chi connectivity index (χ4v) is 2.29. The zero-order chi connectivity index (χ0) is 13.4. The van der Waals surface area contributed by atoms with Gasteiger partial charge in [-0.2, -0.15) is 0 Å². The second-order valence-corrected chi connectivity index (χ2v) is 5.52. The maximum atomic E-state index is 12.2. The Balaban J connectivity index is 2.45. The molecule has 1 aliphatic heterocycles. The highest BCUT2D eigenvalue weighted by Gasteiger charge is 2.23. The van der Waals surface area contributed by atoms with Gasteiger partial charge in [0.1, 0.15) is 0 Å². The summed E-state index contributed by atoms with van der Waals surface area (Å²) in [5.41, 5.74) is 0. The van der Waals surface area contributed by atoms with Crippen LogP contribution < -0.4 is 10.6 Å². The third kappa shape index (κ3) is 5.36. The molecule has 1 heterocycles. The molecule has 0 aromatic heterocycles. The average molecular weight is 256 g/mol. The maximum absolute atomic E-state index is 12.2. The Morgan fingerprint density at radius 2 is 2.06 bits per heavy atom. The predicted octanol–water partition coefficient (Wildman–Crippen LogP) is 1.70. The minimum atomic E-state index is -0.0246. The van der Waals surface area contributed by atoms with Crippen LogP contribution in [0.4, 0.5) is 0 Å². The van der Waals surface area contributed by atoms with E-state index >= 15 is 0 Å². The van der Waals surface area contributed by atoms with Crippen molar-refractivity contribution in [3.8, 4) is 0 Å². The molecule has 1 saturated heterocycles. The van der Waals surface area contributed by atoms with Gasteiger partial charge in [-0.15, -0.1) is 0 Å². The number of carbonyl (C=O) groups is 1. The molecule has 18 heavy (non-hydrogen) atoms. The Kier molecular flexibility index (Phi) is 7.28. The van der Waals surface area contributed by atoms with Crippen molar-refractivity contribution >= 4 is 5.91 Å². The maximum Gasteiger partial charge on any atom is 0.237 e. The van der Waals surface area contributed by atoms with Gasteiger partial charge in [-0.1, -0.05) is 33.1 Å². The molecule has 0 radical (unpaired) electrons. The van der Waals surface area contributed by atoms with E-state index in [2.05, 4.69) is 24.5 Å². The lowest BCUT2D eigenvalue weighted by Crippen LogP contribution is -2.51. The number of ether oxygens (including phenoxy) is 1. The van der Waals surface area contributed by atoms with Gasteiger partial charge < -0.3 is 15.4 Å². The number of rotatable bonds is 5. The first-order valence-electron chi connectivity index (χ1n) is 7.18. The van der Waals surface area contributed by atoms with E-state index in [1.807, 2.05) is 0 Å². The molecule has 1 aliphatic rings. The smallest absolute Gasteiger partial charge is 0.237 e. The number of hydrogen-bond donors (Lipinski definition) is 2. The second kappa shape index (κ2) is 8.48. The Morgan fingerprint density at radius 3 is 2.72 bits per heavy atom. The third-order valence-corrected chi connectivity index (χ3v) is 3.61. The van der Waals surface area contributed by atoms with Crippen molar-refractivity contribution in [1.82, 2.24) is 10.6 Å². The molecular formula is C14H28N2O2. The van der Waals surface area contributed by atoms with E-state index in [-0.39, 0.29) is 18.0 Å². The Hall–Kier alpha value is -0.610. The number of methoxy groups -OCH3 is 1. The molecule has 2 N–H and O–H groups in total. The molecule has 0 bridgehead atoms. The van der Waals surface area contributed by atoms with Crippen LogP contribution in [0.15, 0.2) is 0 Å². The first-order chi connectivity index (χ1) is 8.65. The van der Waals surface area contributed by atoms with Gasteiger partial charge in [0.25, 0.3) is 0 Å². The molecule has 0 saturated carbocycles. The van der Waals surface area contributed by atoms with Crippen LogP contribution in [-0.4, -0.2) is 38.3 Å². The van der Waals surface area contributed by atoms with Gasteiger partial charge in [0, 0.05) is 7.11 Å².